The number of hydrogen-bond acceptors (Lipinski definition) is 12. The summed E-state index contributed by atoms with van der Waals surface area (Å²) in [7, 11) is -2.70. The molecule has 20 heteroatoms. The molecule has 10 N–H and O–H groups in total. The molecule has 348 valence electrons. The van der Waals surface area contributed by atoms with Crippen molar-refractivity contribution in [1.29, 1.82) is 0 Å². The number of rotatable bonds is 22. The van der Waals surface area contributed by atoms with E-state index in [1.54, 1.807) is 108 Å². The first kappa shape index (κ1) is 51.8. The molecule has 0 radical (unpaired) electrons. The summed E-state index contributed by atoms with van der Waals surface area (Å²) in [5.41, 5.74) is 14.0. The first-order chi connectivity index (χ1) is 30.0. The lowest BCUT2D eigenvalue weighted by atomic mass is 10.0. The monoisotopic (exact) mass is 908 g/mol. The van der Waals surface area contributed by atoms with Crippen LogP contribution >= 0.6 is 0 Å². The number of ether oxygens (including phenoxy) is 2. The Balaban J connectivity index is 1.84. The normalized spacial score (nSPS) is 13.6. The molecule has 3 rings (SSSR count). The van der Waals surface area contributed by atoms with Gasteiger partial charge in [-0.3, -0.25) is 33.8 Å². The predicted molar refractivity (Wildman–Crippen MR) is 238 cm³/mol. The molecular formula is C44H60N8O11S. The molecule has 0 unspecified atom stereocenters. The first-order valence-electron chi connectivity index (χ1n) is 20.4. The molecule has 0 spiro atoms. The van der Waals surface area contributed by atoms with Gasteiger partial charge in [-0.05, 0) is 88.3 Å². The number of carboxylic acids is 1. The van der Waals surface area contributed by atoms with Crippen molar-refractivity contribution in [3.8, 4) is 5.75 Å². The summed E-state index contributed by atoms with van der Waals surface area (Å²) < 4.78 is 39.6. The van der Waals surface area contributed by atoms with Crippen LogP contribution in [0.5, 0.6) is 5.75 Å². The van der Waals surface area contributed by atoms with Crippen LogP contribution in [0.4, 0.5) is 0 Å². The lowest BCUT2D eigenvalue weighted by Crippen LogP contribution is -2.59. The summed E-state index contributed by atoms with van der Waals surface area (Å²) in [6.45, 7) is 9.09. The number of carboxylic acid groups (broad SMARTS) is 1. The van der Waals surface area contributed by atoms with Crippen molar-refractivity contribution in [3.63, 3.8) is 0 Å². The third kappa shape index (κ3) is 16.6. The highest BCUT2D eigenvalue weighted by molar-refractivity contribution is 7.90. The Labute approximate surface area is 373 Å². The molecule has 0 saturated carbocycles. The maximum atomic E-state index is 14.1. The van der Waals surface area contributed by atoms with Crippen LogP contribution in [0.15, 0.2) is 76.6 Å². The summed E-state index contributed by atoms with van der Waals surface area (Å²) in [6, 6.07) is 13.6. The highest BCUT2D eigenvalue weighted by atomic mass is 32.2. The van der Waals surface area contributed by atoms with Crippen molar-refractivity contribution in [2.75, 3.05) is 20.2 Å². The maximum Gasteiger partial charge on any atom is 0.322 e. The van der Waals surface area contributed by atoms with Crippen LogP contribution in [0.3, 0.4) is 0 Å². The van der Waals surface area contributed by atoms with E-state index < -0.39 is 94.3 Å². The largest absolute Gasteiger partial charge is 0.496 e. The van der Waals surface area contributed by atoms with Gasteiger partial charge in [0, 0.05) is 19.4 Å². The van der Waals surface area contributed by atoms with Gasteiger partial charge in [0.25, 0.3) is 10.0 Å². The molecule has 4 amide bonds. The van der Waals surface area contributed by atoms with Gasteiger partial charge in [0.15, 0.2) is 0 Å². The Morgan fingerprint density at radius 2 is 1.30 bits per heavy atom. The molecule has 4 atom stereocenters. The summed E-state index contributed by atoms with van der Waals surface area (Å²) in [4.78, 5) is 82.7. The Morgan fingerprint density at radius 3 is 1.80 bits per heavy atom. The van der Waals surface area contributed by atoms with E-state index in [0.717, 1.165) is 0 Å². The second kappa shape index (κ2) is 23.8. The van der Waals surface area contributed by atoms with Gasteiger partial charge in [-0.2, -0.15) is 0 Å². The highest BCUT2D eigenvalue weighted by Gasteiger charge is 2.32. The number of amides is 4. The lowest BCUT2D eigenvalue weighted by molar-refractivity contribution is -0.156. The Bertz CT molecular complexity index is 2270. The van der Waals surface area contributed by atoms with Gasteiger partial charge in [-0.25, -0.2) is 13.1 Å². The minimum Gasteiger partial charge on any atom is -0.496 e. The van der Waals surface area contributed by atoms with Crippen LogP contribution in [-0.4, -0.2) is 105 Å². The Hall–Kier alpha value is -6.54. The summed E-state index contributed by atoms with van der Waals surface area (Å²) in [5, 5.41) is 19.4. The number of sulfonamides is 1. The molecule has 3 aromatic carbocycles. The lowest BCUT2D eigenvalue weighted by Gasteiger charge is -2.26. The number of guanidine groups is 1. The number of aliphatic carboxylic acids is 1. The van der Waals surface area contributed by atoms with Crippen molar-refractivity contribution >= 4 is 51.6 Å². The number of hydrogen-bond donors (Lipinski definition) is 8. The van der Waals surface area contributed by atoms with Crippen LogP contribution in [0, 0.1) is 20.8 Å². The van der Waals surface area contributed by atoms with E-state index in [2.05, 4.69) is 31.0 Å². The third-order valence-corrected chi connectivity index (χ3v) is 11.3. The SMILES string of the molecule is COc1cc(C)c(S(=O)(=O)NC(N)=NCCC[C@H](NC(=O)[C@H](Cc2ccccc2)NC(=O)[C@H](Cc2ccccc2)NC(=O)[C@@H](N)CC(=O)OC(C)(C)C)C(=O)NCC(=O)O)c(C)c1C. The highest BCUT2D eigenvalue weighted by Crippen LogP contribution is 2.30. The van der Waals surface area contributed by atoms with Gasteiger partial charge < -0.3 is 47.3 Å². The summed E-state index contributed by atoms with van der Waals surface area (Å²) >= 11 is 0. The number of carbonyl (C=O) groups excluding carboxylic acids is 5. The average molecular weight is 909 g/mol. The van der Waals surface area contributed by atoms with Crippen molar-refractivity contribution in [1.82, 2.24) is 26.0 Å². The van der Waals surface area contributed by atoms with E-state index in [4.69, 9.17) is 20.9 Å². The number of methoxy groups -OCH3 is 1. The van der Waals surface area contributed by atoms with E-state index in [1.807, 2.05) is 0 Å². The van der Waals surface area contributed by atoms with Crippen molar-refractivity contribution in [2.45, 2.75) is 108 Å². The van der Waals surface area contributed by atoms with Gasteiger partial charge in [0.2, 0.25) is 29.6 Å². The fourth-order valence-corrected chi connectivity index (χ4v) is 8.00. The smallest absolute Gasteiger partial charge is 0.322 e. The predicted octanol–water partition coefficient (Wildman–Crippen LogP) is 1.19. The molecule has 0 aromatic heterocycles. The van der Waals surface area contributed by atoms with Crippen LogP contribution in [0.2, 0.25) is 0 Å². The molecule has 0 saturated heterocycles. The molecule has 0 bridgehead atoms. The quantitative estimate of drug-likeness (QED) is 0.0305. The zero-order valence-electron chi connectivity index (χ0n) is 37.1. The summed E-state index contributed by atoms with van der Waals surface area (Å²) in [5.74, 6) is -5.25. The first-order valence-corrected chi connectivity index (χ1v) is 21.9. The van der Waals surface area contributed by atoms with E-state index >= 15 is 0 Å². The van der Waals surface area contributed by atoms with Crippen LogP contribution in [0.25, 0.3) is 0 Å². The molecule has 0 heterocycles. The van der Waals surface area contributed by atoms with E-state index in [0.29, 0.717) is 33.6 Å². The third-order valence-electron chi connectivity index (χ3n) is 9.66. The Kier molecular flexibility index (Phi) is 19.2. The van der Waals surface area contributed by atoms with Crippen LogP contribution < -0.4 is 42.2 Å². The number of nitrogens with one attached hydrogen (secondary N) is 5. The number of nitrogens with two attached hydrogens (primary N) is 2. The number of carbonyl (C=O) groups is 6. The number of nitrogens with zero attached hydrogens (tertiary/aromatic N) is 1. The molecule has 19 nitrogen and oxygen atoms in total. The van der Waals surface area contributed by atoms with Crippen LogP contribution in [0.1, 0.15) is 67.9 Å². The van der Waals surface area contributed by atoms with Crippen molar-refractivity contribution in [3.05, 3.63) is 94.5 Å². The topological polar surface area (TPSA) is 300 Å². The second-order valence-corrected chi connectivity index (χ2v) is 17.7. The molecule has 3 aromatic rings. The van der Waals surface area contributed by atoms with Crippen molar-refractivity contribution < 1.29 is 51.8 Å². The fourth-order valence-electron chi connectivity index (χ4n) is 6.51. The van der Waals surface area contributed by atoms with Crippen LogP contribution in [-0.2, 0) is 56.4 Å². The zero-order valence-corrected chi connectivity index (χ0v) is 38.0. The molecule has 0 fully saturated rings. The fraction of sp³-hybridized carbons (Fsp3) is 0.432. The number of esters is 1. The average Bonchev–Trinajstić information content (AvgIpc) is 3.21. The van der Waals surface area contributed by atoms with E-state index in [1.165, 1.54) is 7.11 Å². The Morgan fingerprint density at radius 1 is 0.781 bits per heavy atom. The molecule has 0 aliphatic carbocycles. The molecular weight excluding hydrogens is 849 g/mol. The number of benzene rings is 3. The van der Waals surface area contributed by atoms with Crippen molar-refractivity contribution in [2.24, 2.45) is 16.5 Å². The molecule has 0 aliphatic rings. The summed E-state index contributed by atoms with van der Waals surface area (Å²) in [6.07, 6.45) is -0.637. The van der Waals surface area contributed by atoms with Gasteiger partial charge in [0.1, 0.15) is 36.0 Å². The second-order valence-electron chi connectivity index (χ2n) is 16.1. The van der Waals surface area contributed by atoms with Gasteiger partial charge >= 0.3 is 11.9 Å². The maximum absolute atomic E-state index is 14.1. The number of aryl methyl sites for hydroxylation is 1. The van der Waals surface area contributed by atoms with Gasteiger partial charge in [0.05, 0.1) is 24.5 Å². The van der Waals surface area contributed by atoms with Gasteiger partial charge in [-0.1, -0.05) is 60.7 Å². The van der Waals surface area contributed by atoms with E-state index in [9.17, 15) is 42.3 Å². The minimum absolute atomic E-state index is 0.00881. The van der Waals surface area contributed by atoms with E-state index in [-0.39, 0.29) is 37.1 Å². The molecule has 64 heavy (non-hydrogen) atoms. The number of aliphatic imine (C=N–C) groups is 1. The molecule has 0 aliphatic heterocycles. The minimum atomic E-state index is -4.18. The van der Waals surface area contributed by atoms with Gasteiger partial charge in [-0.15, -0.1) is 0 Å². The standard InChI is InChI=1S/C44H60N8O11S/c1-26-21-35(62-7)27(2)28(3)38(26)64(60,61)52-43(46)47-20-14-19-32(40(57)48-25-36(53)54)49-41(58)34(23-30-17-12-9-13-18-30)51-42(59)33(22-29-15-10-8-11-16-29)50-39(56)31(45)24-37(55)63-44(4,5)6/h8-13,15-18,21,31-34H,14,19-20,22-25,45H2,1-7H3,(H,48,57)(H,49,58)(H,50,56)(H,51,59)(H,53,54)(H3,46,47,52)/t31-,32-,33-,34-/m0/s1. The zero-order chi connectivity index (χ0) is 47.8.